The Balaban J connectivity index is 1.71. The van der Waals surface area contributed by atoms with E-state index in [0.29, 0.717) is 25.1 Å². The SMILES string of the molecule is Cc1c(C)c2c(c(C)c1O)CCC(C)(C(=O)NC(CO)C(=O)NCc1ccccc1)O2. The molecule has 7 nitrogen and oxygen atoms in total. The second-order valence-electron chi connectivity index (χ2n) is 8.28. The van der Waals surface area contributed by atoms with E-state index in [1.165, 1.54) is 0 Å². The number of hydrogen-bond acceptors (Lipinski definition) is 5. The molecule has 31 heavy (non-hydrogen) atoms. The largest absolute Gasteiger partial charge is 0.507 e. The molecule has 3 rings (SSSR count). The Morgan fingerprint density at radius 2 is 1.81 bits per heavy atom. The van der Waals surface area contributed by atoms with E-state index in [0.717, 1.165) is 27.8 Å². The van der Waals surface area contributed by atoms with Gasteiger partial charge in [-0.25, -0.2) is 0 Å². The molecule has 2 aromatic rings. The normalized spacial score (nSPS) is 18.5. The zero-order valence-electron chi connectivity index (χ0n) is 18.4. The lowest BCUT2D eigenvalue weighted by atomic mass is 9.86. The fraction of sp³-hybridized carbons (Fsp3) is 0.417. The maximum atomic E-state index is 13.0. The van der Waals surface area contributed by atoms with E-state index >= 15 is 0 Å². The van der Waals surface area contributed by atoms with Gasteiger partial charge in [0.2, 0.25) is 5.91 Å². The summed E-state index contributed by atoms with van der Waals surface area (Å²) in [6.07, 6.45) is 0.947. The van der Waals surface area contributed by atoms with Crippen LogP contribution < -0.4 is 15.4 Å². The predicted octanol–water partition coefficient (Wildman–Crippen LogP) is 2.19. The fourth-order valence-electron chi connectivity index (χ4n) is 3.82. The number of ether oxygens (including phenoxy) is 1. The molecule has 2 atom stereocenters. The maximum Gasteiger partial charge on any atom is 0.264 e. The third kappa shape index (κ3) is 4.51. The summed E-state index contributed by atoms with van der Waals surface area (Å²) in [5.74, 6) is -0.0729. The zero-order chi connectivity index (χ0) is 22.8. The number of phenols is 1. The molecule has 166 valence electrons. The highest BCUT2D eigenvalue weighted by Gasteiger charge is 2.42. The van der Waals surface area contributed by atoms with Crippen LogP contribution in [0.1, 0.15) is 41.2 Å². The molecule has 0 fully saturated rings. The Morgan fingerprint density at radius 1 is 1.13 bits per heavy atom. The molecule has 7 heteroatoms. The van der Waals surface area contributed by atoms with Gasteiger partial charge < -0.3 is 25.6 Å². The summed E-state index contributed by atoms with van der Waals surface area (Å²) in [5, 5.41) is 25.4. The quantitative estimate of drug-likeness (QED) is 0.566. The van der Waals surface area contributed by atoms with Crippen molar-refractivity contribution >= 4 is 11.8 Å². The lowest BCUT2D eigenvalue weighted by molar-refractivity contribution is -0.140. The van der Waals surface area contributed by atoms with Gasteiger partial charge in [-0.2, -0.15) is 0 Å². The summed E-state index contributed by atoms with van der Waals surface area (Å²) >= 11 is 0. The van der Waals surface area contributed by atoms with Crippen LogP contribution in [-0.2, 0) is 22.6 Å². The molecule has 2 aromatic carbocycles. The van der Waals surface area contributed by atoms with Crippen molar-refractivity contribution in [2.24, 2.45) is 0 Å². The molecule has 0 saturated carbocycles. The van der Waals surface area contributed by atoms with Gasteiger partial charge in [0.15, 0.2) is 5.60 Å². The van der Waals surface area contributed by atoms with Gasteiger partial charge in [0, 0.05) is 18.5 Å². The minimum Gasteiger partial charge on any atom is -0.507 e. The van der Waals surface area contributed by atoms with Crippen molar-refractivity contribution in [2.75, 3.05) is 6.61 Å². The number of benzene rings is 2. The zero-order valence-corrected chi connectivity index (χ0v) is 18.4. The number of hydrogen-bond donors (Lipinski definition) is 4. The molecule has 0 aromatic heterocycles. The Morgan fingerprint density at radius 3 is 2.45 bits per heavy atom. The molecule has 1 heterocycles. The summed E-state index contributed by atoms with van der Waals surface area (Å²) in [5.41, 5.74) is 2.88. The van der Waals surface area contributed by atoms with Crippen LogP contribution in [0.25, 0.3) is 0 Å². The molecule has 2 amide bonds. The first-order valence-electron chi connectivity index (χ1n) is 10.4. The molecule has 0 aliphatic carbocycles. The van der Waals surface area contributed by atoms with E-state index in [4.69, 9.17) is 4.74 Å². The van der Waals surface area contributed by atoms with E-state index in [1.54, 1.807) is 6.92 Å². The van der Waals surface area contributed by atoms with Gasteiger partial charge in [-0.1, -0.05) is 30.3 Å². The number of carbonyl (C=O) groups excluding carboxylic acids is 2. The maximum absolute atomic E-state index is 13.0. The number of aliphatic hydroxyl groups is 1. The first-order valence-corrected chi connectivity index (χ1v) is 10.4. The molecule has 0 spiro atoms. The highest BCUT2D eigenvalue weighted by Crippen LogP contribution is 2.43. The van der Waals surface area contributed by atoms with Crippen molar-refractivity contribution in [1.29, 1.82) is 0 Å². The molecule has 2 unspecified atom stereocenters. The van der Waals surface area contributed by atoms with Gasteiger partial charge in [-0.3, -0.25) is 9.59 Å². The first-order chi connectivity index (χ1) is 14.7. The third-order valence-corrected chi connectivity index (χ3v) is 6.11. The van der Waals surface area contributed by atoms with Crippen LogP contribution in [0.2, 0.25) is 0 Å². The van der Waals surface area contributed by atoms with Gasteiger partial charge in [-0.15, -0.1) is 0 Å². The average Bonchev–Trinajstić information content (AvgIpc) is 2.78. The third-order valence-electron chi connectivity index (χ3n) is 6.11. The number of phenolic OH excluding ortho intramolecular Hbond substituents is 1. The van der Waals surface area contributed by atoms with E-state index in [1.807, 2.05) is 51.1 Å². The second kappa shape index (κ2) is 8.98. The van der Waals surface area contributed by atoms with Gasteiger partial charge in [0.05, 0.1) is 6.61 Å². The van der Waals surface area contributed by atoms with E-state index in [9.17, 15) is 19.8 Å². The Kier molecular flexibility index (Phi) is 6.55. The first kappa shape index (κ1) is 22.6. The molecule has 1 aliphatic rings. The van der Waals surface area contributed by atoms with E-state index < -0.39 is 30.1 Å². The summed E-state index contributed by atoms with van der Waals surface area (Å²) < 4.78 is 6.15. The van der Waals surface area contributed by atoms with Crippen molar-refractivity contribution in [3.63, 3.8) is 0 Å². The van der Waals surface area contributed by atoms with Crippen LogP contribution in [0.15, 0.2) is 30.3 Å². The molecule has 0 saturated heterocycles. The molecule has 4 N–H and O–H groups in total. The lowest BCUT2D eigenvalue weighted by Gasteiger charge is -2.37. The number of fused-ring (bicyclic) bond motifs is 1. The van der Waals surface area contributed by atoms with Crippen LogP contribution >= 0.6 is 0 Å². The molecular weight excluding hydrogens is 396 g/mol. The Hall–Kier alpha value is -3.06. The van der Waals surface area contributed by atoms with Crippen LogP contribution in [0.4, 0.5) is 0 Å². The monoisotopic (exact) mass is 426 g/mol. The van der Waals surface area contributed by atoms with E-state index in [2.05, 4.69) is 10.6 Å². The summed E-state index contributed by atoms with van der Waals surface area (Å²) in [7, 11) is 0. The summed E-state index contributed by atoms with van der Waals surface area (Å²) in [6.45, 7) is 6.96. The topological polar surface area (TPSA) is 108 Å². The summed E-state index contributed by atoms with van der Waals surface area (Å²) in [6, 6.07) is 8.31. The standard InChI is InChI=1S/C24H30N2O5/c1-14-15(2)21-18(16(3)20(14)28)10-11-24(4,31-21)23(30)26-19(13-27)22(29)25-12-17-8-6-5-7-9-17/h5-9,19,27-28H,10-13H2,1-4H3,(H,25,29)(H,26,30). The molecule has 0 bridgehead atoms. The van der Waals surface area contributed by atoms with Crippen LogP contribution in [0.5, 0.6) is 11.5 Å². The molecule has 0 radical (unpaired) electrons. The highest BCUT2D eigenvalue weighted by atomic mass is 16.5. The minimum atomic E-state index is -1.19. The van der Waals surface area contributed by atoms with Gasteiger partial charge in [0.25, 0.3) is 5.91 Å². The van der Waals surface area contributed by atoms with Crippen molar-refractivity contribution in [1.82, 2.24) is 10.6 Å². The van der Waals surface area contributed by atoms with Crippen LogP contribution in [-0.4, -0.2) is 40.3 Å². The molecular formula is C24H30N2O5. The fourth-order valence-corrected chi connectivity index (χ4v) is 3.82. The predicted molar refractivity (Wildman–Crippen MR) is 117 cm³/mol. The average molecular weight is 427 g/mol. The van der Waals surface area contributed by atoms with Crippen LogP contribution in [0.3, 0.4) is 0 Å². The number of carbonyl (C=O) groups is 2. The van der Waals surface area contributed by atoms with Gasteiger partial charge in [0.1, 0.15) is 17.5 Å². The van der Waals surface area contributed by atoms with E-state index in [-0.39, 0.29) is 5.75 Å². The van der Waals surface area contributed by atoms with Gasteiger partial charge in [-0.05, 0) is 56.4 Å². The Labute approximate surface area is 182 Å². The number of amides is 2. The number of nitrogens with one attached hydrogen (secondary N) is 2. The van der Waals surface area contributed by atoms with Crippen molar-refractivity contribution in [2.45, 2.75) is 58.7 Å². The Bertz CT molecular complexity index is 989. The molecule has 1 aliphatic heterocycles. The minimum absolute atomic E-state index is 0.253. The lowest BCUT2D eigenvalue weighted by Crippen LogP contribution is -2.57. The smallest absolute Gasteiger partial charge is 0.264 e. The van der Waals surface area contributed by atoms with Crippen molar-refractivity contribution in [3.8, 4) is 11.5 Å². The number of aromatic hydroxyl groups is 1. The second-order valence-corrected chi connectivity index (χ2v) is 8.28. The number of aliphatic hydroxyl groups excluding tert-OH is 1. The van der Waals surface area contributed by atoms with Crippen molar-refractivity contribution < 1.29 is 24.5 Å². The highest BCUT2D eigenvalue weighted by molar-refractivity contribution is 5.92. The van der Waals surface area contributed by atoms with Crippen LogP contribution in [0, 0.1) is 20.8 Å². The van der Waals surface area contributed by atoms with Crippen molar-refractivity contribution in [3.05, 3.63) is 58.1 Å². The van der Waals surface area contributed by atoms with Gasteiger partial charge >= 0.3 is 0 Å². The number of rotatable bonds is 6. The summed E-state index contributed by atoms with van der Waals surface area (Å²) in [4.78, 5) is 25.5.